The van der Waals surface area contributed by atoms with E-state index in [-0.39, 0.29) is 0 Å². The molecule has 0 radical (unpaired) electrons. The predicted molar refractivity (Wildman–Crippen MR) is 32.5 cm³/mol. The number of alkyl halides is 1. The lowest BCUT2D eigenvalue weighted by atomic mass is 10.0. The number of hydrogen-bond acceptors (Lipinski definition) is 0. The molecule has 0 aromatic rings. The minimum atomic E-state index is -0.595. The smallest absolute Gasteiger partial charge is 0.100 e. The van der Waals surface area contributed by atoms with Crippen LogP contribution in [0.25, 0.3) is 0 Å². The van der Waals surface area contributed by atoms with Gasteiger partial charge in [-0.25, -0.2) is 4.39 Å². The minimum Gasteiger partial charge on any atom is -0.247 e. The Balaban J connectivity index is 2.22. The molecule has 1 fully saturated rings. The second kappa shape index (κ2) is 2.04. The summed E-state index contributed by atoms with van der Waals surface area (Å²) in [5.74, 6) is 1.03. The molecule has 8 heavy (non-hydrogen) atoms. The van der Waals surface area contributed by atoms with Crippen LogP contribution in [0.5, 0.6) is 0 Å². The van der Waals surface area contributed by atoms with E-state index in [4.69, 9.17) is 0 Å². The average Bonchev–Trinajstić information content (AvgIpc) is 2.43. The quantitative estimate of drug-likeness (QED) is 0.519. The summed E-state index contributed by atoms with van der Waals surface area (Å²) in [4.78, 5) is 0. The molecule has 1 saturated carbocycles. The summed E-state index contributed by atoms with van der Waals surface area (Å²) in [6, 6.07) is 0. The standard InChI is InChI=1S/C7H13F/c1-5(6(2)8)7-3-4-7/h5-7H,3-4H2,1-2H3. The summed E-state index contributed by atoms with van der Waals surface area (Å²) in [5.41, 5.74) is 0. The van der Waals surface area contributed by atoms with Gasteiger partial charge in [0.05, 0.1) is 0 Å². The first-order chi connectivity index (χ1) is 3.72. The maximum absolute atomic E-state index is 12.4. The molecule has 0 bridgehead atoms. The molecule has 1 rings (SSSR count). The number of rotatable bonds is 2. The molecule has 0 amide bonds. The Morgan fingerprint density at radius 3 is 2.00 bits per heavy atom. The molecule has 48 valence electrons. The summed E-state index contributed by atoms with van der Waals surface area (Å²) in [7, 11) is 0. The molecule has 0 aromatic carbocycles. The Labute approximate surface area is 50.1 Å². The third-order valence-electron chi connectivity index (χ3n) is 2.09. The second-order valence-corrected chi connectivity index (χ2v) is 2.87. The van der Waals surface area contributed by atoms with Gasteiger partial charge in [0.25, 0.3) is 0 Å². The molecule has 2 atom stereocenters. The van der Waals surface area contributed by atoms with Gasteiger partial charge in [0.1, 0.15) is 6.17 Å². The van der Waals surface area contributed by atoms with Gasteiger partial charge in [-0.1, -0.05) is 6.92 Å². The first kappa shape index (κ1) is 6.06. The zero-order chi connectivity index (χ0) is 6.15. The van der Waals surface area contributed by atoms with Crippen LogP contribution in [-0.2, 0) is 0 Å². The van der Waals surface area contributed by atoms with Gasteiger partial charge in [0, 0.05) is 0 Å². The molecule has 0 N–H and O–H groups in total. The van der Waals surface area contributed by atoms with Crippen LogP contribution in [0.15, 0.2) is 0 Å². The molecule has 1 aliphatic rings. The van der Waals surface area contributed by atoms with E-state index >= 15 is 0 Å². The number of halogens is 1. The van der Waals surface area contributed by atoms with Crippen LogP contribution in [-0.4, -0.2) is 6.17 Å². The van der Waals surface area contributed by atoms with Gasteiger partial charge < -0.3 is 0 Å². The fraction of sp³-hybridized carbons (Fsp3) is 1.00. The van der Waals surface area contributed by atoms with Crippen LogP contribution in [0.2, 0.25) is 0 Å². The van der Waals surface area contributed by atoms with Crippen molar-refractivity contribution >= 4 is 0 Å². The third kappa shape index (κ3) is 1.21. The Bertz CT molecular complexity index is 72.5. The maximum atomic E-state index is 12.4. The zero-order valence-corrected chi connectivity index (χ0v) is 5.52. The third-order valence-corrected chi connectivity index (χ3v) is 2.09. The van der Waals surface area contributed by atoms with Gasteiger partial charge in [0.15, 0.2) is 0 Å². The topological polar surface area (TPSA) is 0 Å². The Morgan fingerprint density at radius 2 is 1.88 bits per heavy atom. The van der Waals surface area contributed by atoms with Gasteiger partial charge in [-0.2, -0.15) is 0 Å². The Hall–Kier alpha value is -0.0700. The SMILES string of the molecule is CC(F)C(C)C1CC1. The van der Waals surface area contributed by atoms with Crippen molar-refractivity contribution in [3.63, 3.8) is 0 Å². The van der Waals surface area contributed by atoms with Gasteiger partial charge >= 0.3 is 0 Å². The molecule has 0 nitrogen and oxygen atoms in total. The van der Waals surface area contributed by atoms with Gasteiger partial charge in [0.2, 0.25) is 0 Å². The summed E-state index contributed by atoms with van der Waals surface area (Å²) in [5, 5.41) is 0. The van der Waals surface area contributed by atoms with Crippen molar-refractivity contribution in [2.75, 3.05) is 0 Å². The summed E-state index contributed by atoms with van der Waals surface area (Å²) in [6.07, 6.45) is 1.92. The van der Waals surface area contributed by atoms with Crippen LogP contribution in [0.4, 0.5) is 4.39 Å². The van der Waals surface area contributed by atoms with Crippen LogP contribution < -0.4 is 0 Å². The summed E-state index contributed by atoms with van der Waals surface area (Å²) in [6.45, 7) is 3.66. The van der Waals surface area contributed by atoms with Gasteiger partial charge in [-0.05, 0) is 31.6 Å². The molecule has 0 aromatic heterocycles. The Kier molecular flexibility index (Phi) is 1.54. The van der Waals surface area contributed by atoms with E-state index in [1.807, 2.05) is 6.92 Å². The van der Waals surface area contributed by atoms with Crippen LogP contribution in [0.1, 0.15) is 26.7 Å². The van der Waals surface area contributed by atoms with Crippen molar-refractivity contribution in [1.29, 1.82) is 0 Å². The summed E-state index contributed by atoms with van der Waals surface area (Å²) < 4.78 is 12.4. The lowest BCUT2D eigenvalue weighted by molar-refractivity contribution is 0.242. The predicted octanol–water partition coefficient (Wildman–Crippen LogP) is 2.39. The van der Waals surface area contributed by atoms with Crippen LogP contribution in [0, 0.1) is 11.8 Å². The van der Waals surface area contributed by atoms with Crippen molar-refractivity contribution in [3.05, 3.63) is 0 Å². The van der Waals surface area contributed by atoms with Gasteiger partial charge in [-0.15, -0.1) is 0 Å². The van der Waals surface area contributed by atoms with Crippen molar-refractivity contribution in [1.82, 2.24) is 0 Å². The lowest BCUT2D eigenvalue weighted by Crippen LogP contribution is -2.09. The molecule has 0 aliphatic heterocycles. The van der Waals surface area contributed by atoms with Crippen molar-refractivity contribution in [2.45, 2.75) is 32.9 Å². The highest BCUT2D eigenvalue weighted by Crippen LogP contribution is 2.38. The van der Waals surface area contributed by atoms with E-state index < -0.39 is 6.17 Å². The van der Waals surface area contributed by atoms with Gasteiger partial charge in [-0.3, -0.25) is 0 Å². The largest absolute Gasteiger partial charge is 0.247 e. The highest BCUT2D eigenvalue weighted by molar-refractivity contribution is 4.81. The second-order valence-electron chi connectivity index (χ2n) is 2.87. The first-order valence-electron chi connectivity index (χ1n) is 3.36. The highest BCUT2D eigenvalue weighted by Gasteiger charge is 2.31. The molecule has 1 heteroatoms. The molecule has 0 spiro atoms. The van der Waals surface area contributed by atoms with E-state index in [0.717, 1.165) is 5.92 Å². The molecular weight excluding hydrogens is 103 g/mol. The van der Waals surface area contributed by atoms with E-state index in [0.29, 0.717) is 5.92 Å². The average molecular weight is 116 g/mol. The Morgan fingerprint density at radius 1 is 1.38 bits per heavy atom. The van der Waals surface area contributed by atoms with E-state index in [1.54, 1.807) is 6.92 Å². The lowest BCUT2D eigenvalue weighted by Gasteiger charge is -2.09. The maximum Gasteiger partial charge on any atom is 0.100 e. The van der Waals surface area contributed by atoms with E-state index in [1.165, 1.54) is 12.8 Å². The van der Waals surface area contributed by atoms with Crippen molar-refractivity contribution < 1.29 is 4.39 Å². The fourth-order valence-electron chi connectivity index (χ4n) is 0.997. The van der Waals surface area contributed by atoms with E-state index in [9.17, 15) is 4.39 Å². The van der Waals surface area contributed by atoms with Crippen LogP contribution in [0.3, 0.4) is 0 Å². The molecule has 1 aliphatic carbocycles. The molecule has 0 heterocycles. The summed E-state index contributed by atoms with van der Waals surface area (Å²) >= 11 is 0. The zero-order valence-electron chi connectivity index (χ0n) is 5.52. The molecule has 2 unspecified atom stereocenters. The minimum absolute atomic E-state index is 0.315. The molecular formula is C7H13F. The normalized spacial score (nSPS) is 27.4. The van der Waals surface area contributed by atoms with Crippen molar-refractivity contribution in [2.24, 2.45) is 11.8 Å². The van der Waals surface area contributed by atoms with Crippen molar-refractivity contribution in [3.8, 4) is 0 Å². The fourth-order valence-corrected chi connectivity index (χ4v) is 0.997. The number of hydrogen-bond donors (Lipinski definition) is 0. The van der Waals surface area contributed by atoms with E-state index in [2.05, 4.69) is 0 Å². The molecule has 0 saturated heterocycles. The monoisotopic (exact) mass is 116 g/mol. The first-order valence-corrected chi connectivity index (χ1v) is 3.36. The van der Waals surface area contributed by atoms with Crippen LogP contribution >= 0.6 is 0 Å². The highest BCUT2D eigenvalue weighted by atomic mass is 19.1.